The number of imidazole rings is 1. The molecule has 2 amide bonds. The lowest BCUT2D eigenvalue weighted by Crippen LogP contribution is -2.46. The molecule has 1 aliphatic rings. The van der Waals surface area contributed by atoms with Gasteiger partial charge in [0, 0.05) is 19.8 Å². The van der Waals surface area contributed by atoms with Gasteiger partial charge in [-0.25, -0.2) is 4.98 Å². The molecular weight excluding hydrogens is 398 g/mol. The van der Waals surface area contributed by atoms with Crippen molar-refractivity contribution >= 4 is 34.7 Å². The van der Waals surface area contributed by atoms with Crippen molar-refractivity contribution in [2.75, 3.05) is 24.3 Å². The molecule has 4 rings (SSSR count). The zero-order valence-electron chi connectivity index (χ0n) is 17.3. The second kappa shape index (κ2) is 7.14. The molecule has 0 bridgehead atoms. The SMILES string of the molecule is C=C1N(C)C(=O)c2c(ncn2C(C)(C)C(=O)Nc2ccc(-c3ccsc3)cc2)N1C. The van der Waals surface area contributed by atoms with Gasteiger partial charge in [-0.05, 0) is 53.9 Å². The van der Waals surface area contributed by atoms with Crippen molar-refractivity contribution in [3.05, 3.63) is 65.5 Å². The molecule has 0 aliphatic carbocycles. The first kappa shape index (κ1) is 19.9. The summed E-state index contributed by atoms with van der Waals surface area (Å²) in [6.45, 7) is 7.45. The first-order valence-corrected chi connectivity index (χ1v) is 10.4. The summed E-state index contributed by atoms with van der Waals surface area (Å²) in [5.41, 5.74) is 2.25. The van der Waals surface area contributed by atoms with Crippen molar-refractivity contribution in [1.29, 1.82) is 0 Å². The summed E-state index contributed by atoms with van der Waals surface area (Å²) in [7, 11) is 3.45. The van der Waals surface area contributed by atoms with Crippen LogP contribution in [0.4, 0.5) is 11.5 Å². The molecule has 3 aromatic rings. The summed E-state index contributed by atoms with van der Waals surface area (Å²) in [5.74, 6) is 0.537. The van der Waals surface area contributed by atoms with Gasteiger partial charge in [0.05, 0.1) is 6.33 Å². The average molecular weight is 422 g/mol. The van der Waals surface area contributed by atoms with E-state index in [2.05, 4.69) is 28.3 Å². The predicted molar refractivity (Wildman–Crippen MR) is 120 cm³/mol. The Labute approximate surface area is 179 Å². The standard InChI is InChI=1S/C22H23N5O2S/c1-14-25(4)19-18(20(28)26(14)5)27(13-23-19)22(2,3)21(29)24-17-8-6-15(7-9-17)16-10-11-30-12-16/h6-13H,1H2,2-5H3,(H,24,29). The van der Waals surface area contributed by atoms with Crippen molar-refractivity contribution in [2.24, 2.45) is 0 Å². The molecule has 0 spiro atoms. The van der Waals surface area contributed by atoms with E-state index in [0.29, 0.717) is 23.0 Å². The maximum Gasteiger partial charge on any atom is 0.279 e. The Morgan fingerprint density at radius 2 is 1.80 bits per heavy atom. The van der Waals surface area contributed by atoms with E-state index in [1.165, 1.54) is 11.2 Å². The molecule has 30 heavy (non-hydrogen) atoms. The van der Waals surface area contributed by atoms with Gasteiger partial charge in [0.2, 0.25) is 5.91 Å². The Hall–Kier alpha value is -3.39. The lowest BCUT2D eigenvalue weighted by atomic mass is 10.0. The lowest BCUT2D eigenvalue weighted by molar-refractivity contribution is -0.123. The minimum absolute atomic E-state index is 0.242. The number of carbonyl (C=O) groups is 2. The van der Waals surface area contributed by atoms with Crippen LogP contribution < -0.4 is 10.2 Å². The molecule has 0 radical (unpaired) electrons. The summed E-state index contributed by atoms with van der Waals surface area (Å²) in [6.07, 6.45) is 1.53. The Morgan fingerprint density at radius 3 is 2.43 bits per heavy atom. The second-order valence-electron chi connectivity index (χ2n) is 7.73. The highest BCUT2D eigenvalue weighted by Crippen LogP contribution is 2.33. The van der Waals surface area contributed by atoms with Gasteiger partial charge in [0.15, 0.2) is 11.5 Å². The van der Waals surface area contributed by atoms with Crippen molar-refractivity contribution in [3.8, 4) is 11.1 Å². The van der Waals surface area contributed by atoms with Gasteiger partial charge in [-0.15, -0.1) is 0 Å². The number of hydrogen-bond acceptors (Lipinski definition) is 5. The van der Waals surface area contributed by atoms with E-state index in [1.807, 2.05) is 29.6 Å². The van der Waals surface area contributed by atoms with Gasteiger partial charge in [-0.1, -0.05) is 18.7 Å². The number of benzene rings is 1. The number of aromatic nitrogens is 2. The number of anilines is 2. The smallest absolute Gasteiger partial charge is 0.279 e. The fourth-order valence-electron chi connectivity index (χ4n) is 3.40. The van der Waals surface area contributed by atoms with E-state index in [9.17, 15) is 9.59 Å². The molecule has 8 heteroatoms. The Kier molecular flexibility index (Phi) is 4.74. The van der Waals surface area contributed by atoms with Crippen molar-refractivity contribution in [3.63, 3.8) is 0 Å². The third-order valence-electron chi connectivity index (χ3n) is 5.50. The topological polar surface area (TPSA) is 70.5 Å². The highest BCUT2D eigenvalue weighted by molar-refractivity contribution is 7.08. The third-order valence-corrected chi connectivity index (χ3v) is 6.19. The minimum Gasteiger partial charge on any atom is -0.324 e. The quantitative estimate of drug-likeness (QED) is 0.692. The number of amides is 2. The van der Waals surface area contributed by atoms with Crippen LogP contribution in [0.25, 0.3) is 11.1 Å². The van der Waals surface area contributed by atoms with Crippen molar-refractivity contribution < 1.29 is 9.59 Å². The van der Waals surface area contributed by atoms with Crippen molar-refractivity contribution in [1.82, 2.24) is 14.5 Å². The summed E-state index contributed by atoms with van der Waals surface area (Å²) >= 11 is 1.64. The van der Waals surface area contributed by atoms with E-state index < -0.39 is 5.54 Å². The van der Waals surface area contributed by atoms with Crippen LogP contribution in [0.2, 0.25) is 0 Å². The molecule has 0 atom stereocenters. The highest BCUT2D eigenvalue weighted by Gasteiger charge is 2.39. The molecule has 1 N–H and O–H groups in total. The molecule has 154 valence electrons. The predicted octanol–water partition coefficient (Wildman–Crippen LogP) is 3.98. The maximum absolute atomic E-state index is 13.2. The molecule has 1 aliphatic heterocycles. The van der Waals surface area contributed by atoms with Gasteiger partial charge < -0.3 is 14.8 Å². The Morgan fingerprint density at radius 1 is 1.10 bits per heavy atom. The molecule has 3 heterocycles. The second-order valence-corrected chi connectivity index (χ2v) is 8.51. The number of thiophene rings is 1. The molecule has 2 aromatic heterocycles. The van der Waals surface area contributed by atoms with E-state index >= 15 is 0 Å². The largest absolute Gasteiger partial charge is 0.324 e. The molecule has 0 unspecified atom stereocenters. The van der Waals surface area contributed by atoms with Gasteiger partial charge in [0.25, 0.3) is 5.91 Å². The fraction of sp³-hybridized carbons (Fsp3) is 0.227. The van der Waals surface area contributed by atoms with Gasteiger partial charge in [0.1, 0.15) is 11.4 Å². The van der Waals surface area contributed by atoms with E-state index in [1.54, 1.807) is 48.7 Å². The van der Waals surface area contributed by atoms with E-state index in [-0.39, 0.29) is 11.8 Å². The Bertz CT molecular complexity index is 1130. The number of nitrogens with zero attached hydrogens (tertiary/aromatic N) is 4. The van der Waals surface area contributed by atoms with Crippen LogP contribution in [-0.2, 0) is 10.3 Å². The van der Waals surface area contributed by atoms with Crippen LogP contribution in [0.3, 0.4) is 0 Å². The third kappa shape index (κ3) is 3.09. The summed E-state index contributed by atoms with van der Waals surface area (Å²) in [4.78, 5) is 33.6. The van der Waals surface area contributed by atoms with Crippen molar-refractivity contribution in [2.45, 2.75) is 19.4 Å². The van der Waals surface area contributed by atoms with E-state index in [4.69, 9.17) is 0 Å². The number of carbonyl (C=O) groups excluding carboxylic acids is 2. The fourth-order valence-corrected chi connectivity index (χ4v) is 4.06. The van der Waals surface area contributed by atoms with Crippen LogP contribution in [0.5, 0.6) is 0 Å². The number of rotatable bonds is 4. The molecule has 1 aromatic carbocycles. The molecule has 0 saturated heterocycles. The number of nitrogens with one attached hydrogen (secondary N) is 1. The molecule has 0 fully saturated rings. The normalized spacial score (nSPS) is 14.1. The van der Waals surface area contributed by atoms with Gasteiger partial charge >= 0.3 is 0 Å². The molecule has 7 nitrogen and oxygen atoms in total. The minimum atomic E-state index is -1.04. The summed E-state index contributed by atoms with van der Waals surface area (Å²) in [5, 5.41) is 7.07. The molecule has 0 saturated carbocycles. The monoisotopic (exact) mass is 421 g/mol. The zero-order valence-corrected chi connectivity index (χ0v) is 18.2. The van der Waals surface area contributed by atoms with Crippen LogP contribution in [0.15, 0.2) is 59.8 Å². The lowest BCUT2D eigenvalue weighted by Gasteiger charge is -2.35. The van der Waals surface area contributed by atoms with E-state index in [0.717, 1.165) is 11.1 Å². The van der Waals surface area contributed by atoms with Crippen LogP contribution in [-0.4, -0.2) is 40.4 Å². The van der Waals surface area contributed by atoms with Crippen LogP contribution in [0.1, 0.15) is 24.3 Å². The number of fused-ring (bicyclic) bond motifs is 1. The average Bonchev–Trinajstić information content (AvgIpc) is 3.41. The summed E-state index contributed by atoms with van der Waals surface area (Å²) in [6, 6.07) is 9.76. The van der Waals surface area contributed by atoms with Gasteiger partial charge in [-0.2, -0.15) is 11.3 Å². The van der Waals surface area contributed by atoms with Gasteiger partial charge in [-0.3, -0.25) is 14.5 Å². The highest BCUT2D eigenvalue weighted by atomic mass is 32.1. The van der Waals surface area contributed by atoms with Crippen LogP contribution in [0, 0.1) is 0 Å². The zero-order chi connectivity index (χ0) is 21.6. The first-order chi connectivity index (χ1) is 14.2. The Balaban J connectivity index is 1.60. The maximum atomic E-state index is 13.2. The molecular formula is C22H23N5O2S. The van der Waals surface area contributed by atoms with Crippen LogP contribution >= 0.6 is 11.3 Å². The number of hydrogen-bond donors (Lipinski definition) is 1. The first-order valence-electron chi connectivity index (χ1n) is 9.44. The summed E-state index contributed by atoms with van der Waals surface area (Å²) < 4.78 is 1.62.